The minimum absolute atomic E-state index is 0.141. The minimum Gasteiger partial charge on any atom is -0.396 e. The summed E-state index contributed by atoms with van der Waals surface area (Å²) in [7, 11) is 0. The summed E-state index contributed by atoms with van der Waals surface area (Å²) in [5, 5.41) is 14.2. The van der Waals surface area contributed by atoms with E-state index in [2.05, 4.69) is 10.6 Å². The highest BCUT2D eigenvalue weighted by atomic mass is 16.3. The van der Waals surface area contributed by atoms with Crippen molar-refractivity contribution in [2.75, 3.05) is 13.2 Å². The third kappa shape index (κ3) is 14.9. The van der Waals surface area contributed by atoms with Gasteiger partial charge in [-0.2, -0.15) is 0 Å². The number of nitrogens with two attached hydrogens (primary N) is 2. The predicted octanol–water partition coefficient (Wildman–Crippen LogP) is 1.48. The Hall–Kier alpha value is -1.67. The van der Waals surface area contributed by atoms with E-state index in [0.717, 1.165) is 57.8 Å². The summed E-state index contributed by atoms with van der Waals surface area (Å²) in [6, 6.07) is -1.39. The second-order valence-corrected chi connectivity index (χ2v) is 7.61. The first-order valence-electron chi connectivity index (χ1n) is 11.2. The number of aliphatic hydroxyl groups excluding tert-OH is 1. The van der Waals surface area contributed by atoms with E-state index in [0.29, 0.717) is 32.2 Å². The van der Waals surface area contributed by atoms with Crippen LogP contribution in [0.15, 0.2) is 0 Å². The molecule has 0 rings (SSSR count). The van der Waals surface area contributed by atoms with Crippen molar-refractivity contribution in [3.63, 3.8) is 0 Å². The summed E-state index contributed by atoms with van der Waals surface area (Å²) in [6.07, 6.45) is 10.5. The van der Waals surface area contributed by atoms with Gasteiger partial charge < -0.3 is 27.2 Å². The first-order valence-corrected chi connectivity index (χ1v) is 11.2. The highest BCUT2D eigenvalue weighted by Crippen LogP contribution is 2.09. The Balaban J connectivity index is 4.30. The van der Waals surface area contributed by atoms with E-state index in [9.17, 15) is 14.4 Å². The summed E-state index contributed by atoms with van der Waals surface area (Å²) in [4.78, 5) is 36.3. The fraction of sp³-hybridized carbons (Fsp3) is 0.857. The van der Waals surface area contributed by atoms with Crippen molar-refractivity contribution in [3.05, 3.63) is 0 Å². The van der Waals surface area contributed by atoms with Crippen molar-refractivity contribution in [1.82, 2.24) is 10.6 Å². The fourth-order valence-electron chi connectivity index (χ4n) is 3.16. The quantitative estimate of drug-likeness (QED) is 0.203. The van der Waals surface area contributed by atoms with Crippen LogP contribution < -0.4 is 22.1 Å². The molecular weight excluding hydrogens is 372 g/mol. The third-order valence-electron chi connectivity index (χ3n) is 4.90. The molecular formula is C21H42N4O4. The molecule has 0 bridgehead atoms. The van der Waals surface area contributed by atoms with E-state index in [-0.39, 0.29) is 18.4 Å². The van der Waals surface area contributed by atoms with E-state index < -0.39 is 18.0 Å². The summed E-state index contributed by atoms with van der Waals surface area (Å²) in [5.41, 5.74) is 10.9. The summed E-state index contributed by atoms with van der Waals surface area (Å²) in [5.74, 6) is -1.07. The van der Waals surface area contributed by atoms with Crippen LogP contribution in [0.1, 0.15) is 90.4 Å². The Labute approximate surface area is 175 Å². The predicted molar refractivity (Wildman–Crippen MR) is 115 cm³/mol. The standard InChI is InChI=1S/C21H42N4O4/c1-2-12-18(21(29)25-17(20(23)28)13-9-10-15-22)24-19(27)14-8-6-4-3-5-7-11-16-26/h17-18,26H,2-16,22H2,1H3,(H2,23,28)(H,24,27)(H,25,29). The summed E-state index contributed by atoms with van der Waals surface area (Å²) < 4.78 is 0. The van der Waals surface area contributed by atoms with E-state index in [1.54, 1.807) is 0 Å². The average Bonchev–Trinajstić information content (AvgIpc) is 2.68. The van der Waals surface area contributed by atoms with Gasteiger partial charge in [0.05, 0.1) is 0 Å². The maximum atomic E-state index is 12.5. The number of rotatable bonds is 19. The molecule has 0 aromatic heterocycles. The summed E-state index contributed by atoms with van der Waals surface area (Å²) in [6.45, 7) is 2.72. The van der Waals surface area contributed by atoms with Crippen molar-refractivity contribution >= 4 is 17.7 Å². The van der Waals surface area contributed by atoms with Crippen molar-refractivity contribution < 1.29 is 19.5 Å². The Morgan fingerprint density at radius 3 is 2.00 bits per heavy atom. The van der Waals surface area contributed by atoms with Gasteiger partial charge in [0.2, 0.25) is 17.7 Å². The van der Waals surface area contributed by atoms with Gasteiger partial charge in [-0.3, -0.25) is 14.4 Å². The molecule has 29 heavy (non-hydrogen) atoms. The molecule has 2 atom stereocenters. The number of hydrogen-bond acceptors (Lipinski definition) is 5. The molecule has 0 aliphatic rings. The number of aliphatic hydroxyl groups is 1. The molecule has 0 spiro atoms. The topological polar surface area (TPSA) is 148 Å². The normalized spacial score (nSPS) is 12.9. The van der Waals surface area contributed by atoms with E-state index in [1.165, 1.54) is 0 Å². The van der Waals surface area contributed by atoms with Crippen molar-refractivity contribution in [2.45, 2.75) is 102 Å². The Morgan fingerprint density at radius 2 is 1.45 bits per heavy atom. The molecule has 0 aliphatic carbocycles. The maximum absolute atomic E-state index is 12.5. The van der Waals surface area contributed by atoms with Crippen molar-refractivity contribution in [2.24, 2.45) is 11.5 Å². The summed E-state index contributed by atoms with van der Waals surface area (Å²) >= 11 is 0. The lowest BCUT2D eigenvalue weighted by atomic mass is 10.1. The van der Waals surface area contributed by atoms with Gasteiger partial charge >= 0.3 is 0 Å². The second kappa shape index (κ2) is 18.4. The molecule has 0 fully saturated rings. The zero-order chi connectivity index (χ0) is 21.9. The van der Waals surface area contributed by atoms with E-state index in [4.69, 9.17) is 16.6 Å². The van der Waals surface area contributed by atoms with Crippen LogP contribution in [0.25, 0.3) is 0 Å². The molecule has 3 amide bonds. The van der Waals surface area contributed by atoms with Gasteiger partial charge in [-0.25, -0.2) is 0 Å². The van der Waals surface area contributed by atoms with E-state index in [1.807, 2.05) is 6.92 Å². The first kappa shape index (κ1) is 27.3. The van der Waals surface area contributed by atoms with Crippen molar-refractivity contribution in [1.29, 1.82) is 0 Å². The highest BCUT2D eigenvalue weighted by Gasteiger charge is 2.24. The van der Waals surface area contributed by atoms with Gasteiger partial charge in [0.25, 0.3) is 0 Å². The minimum atomic E-state index is -0.740. The van der Waals surface area contributed by atoms with Crippen LogP contribution in [0.5, 0.6) is 0 Å². The van der Waals surface area contributed by atoms with Crippen LogP contribution in [0.3, 0.4) is 0 Å². The fourth-order valence-corrected chi connectivity index (χ4v) is 3.16. The molecule has 0 saturated carbocycles. The van der Waals surface area contributed by atoms with Gasteiger partial charge in [0.15, 0.2) is 0 Å². The lowest BCUT2D eigenvalue weighted by Gasteiger charge is -2.21. The number of nitrogens with one attached hydrogen (secondary N) is 2. The number of primary amides is 1. The van der Waals surface area contributed by atoms with Crippen LogP contribution in [0.4, 0.5) is 0 Å². The van der Waals surface area contributed by atoms with E-state index >= 15 is 0 Å². The monoisotopic (exact) mass is 414 g/mol. The molecule has 0 heterocycles. The number of amides is 3. The number of unbranched alkanes of at least 4 members (excludes halogenated alkanes) is 7. The maximum Gasteiger partial charge on any atom is 0.243 e. The number of carbonyl (C=O) groups is 3. The molecule has 170 valence electrons. The smallest absolute Gasteiger partial charge is 0.243 e. The van der Waals surface area contributed by atoms with Crippen LogP contribution in [-0.2, 0) is 14.4 Å². The van der Waals surface area contributed by atoms with Gasteiger partial charge in [0.1, 0.15) is 12.1 Å². The van der Waals surface area contributed by atoms with Gasteiger partial charge in [-0.1, -0.05) is 45.4 Å². The second-order valence-electron chi connectivity index (χ2n) is 7.61. The Morgan fingerprint density at radius 1 is 0.828 bits per heavy atom. The molecule has 0 saturated heterocycles. The third-order valence-corrected chi connectivity index (χ3v) is 4.90. The molecule has 0 aliphatic heterocycles. The van der Waals surface area contributed by atoms with Gasteiger partial charge in [-0.15, -0.1) is 0 Å². The Bertz CT molecular complexity index is 460. The van der Waals surface area contributed by atoms with Crippen LogP contribution in [-0.4, -0.2) is 48.1 Å². The SMILES string of the molecule is CCCC(NC(=O)CCCCCCCCCO)C(=O)NC(CCCCN)C(N)=O. The number of hydrogen-bond donors (Lipinski definition) is 5. The van der Waals surface area contributed by atoms with Crippen molar-refractivity contribution in [3.8, 4) is 0 Å². The lowest BCUT2D eigenvalue weighted by Crippen LogP contribution is -2.52. The zero-order valence-corrected chi connectivity index (χ0v) is 18.1. The van der Waals surface area contributed by atoms with Crippen LogP contribution in [0.2, 0.25) is 0 Å². The molecule has 0 aromatic rings. The molecule has 0 radical (unpaired) electrons. The zero-order valence-electron chi connectivity index (χ0n) is 18.1. The largest absolute Gasteiger partial charge is 0.396 e. The first-order chi connectivity index (χ1) is 14.0. The molecule has 7 N–H and O–H groups in total. The van der Waals surface area contributed by atoms with Gasteiger partial charge in [0, 0.05) is 13.0 Å². The molecule has 8 heteroatoms. The average molecular weight is 415 g/mol. The molecule has 8 nitrogen and oxygen atoms in total. The van der Waals surface area contributed by atoms with Crippen LogP contribution in [0, 0.1) is 0 Å². The Kier molecular flexibility index (Phi) is 17.3. The number of carbonyl (C=O) groups excluding carboxylic acids is 3. The van der Waals surface area contributed by atoms with Crippen LogP contribution >= 0.6 is 0 Å². The highest BCUT2D eigenvalue weighted by molar-refractivity contribution is 5.91. The molecule has 2 unspecified atom stereocenters. The van der Waals surface area contributed by atoms with Gasteiger partial charge in [-0.05, 0) is 45.1 Å². The molecule has 0 aromatic carbocycles. The lowest BCUT2D eigenvalue weighted by molar-refractivity contribution is -0.131.